The molecule has 7 nitrogen and oxygen atoms in total. The molecule has 0 saturated carbocycles. The van der Waals surface area contributed by atoms with Crippen LogP contribution in [-0.2, 0) is 18.2 Å². The minimum atomic E-state index is -0.0862. The van der Waals surface area contributed by atoms with Crippen LogP contribution in [0.2, 0.25) is 0 Å². The topological polar surface area (TPSA) is 72.3 Å². The Labute approximate surface area is 164 Å². The summed E-state index contributed by atoms with van der Waals surface area (Å²) in [5.74, 6) is 0.831. The number of amides is 1. The first-order valence-electron chi connectivity index (χ1n) is 9.61. The molecule has 4 rings (SSSR count). The highest BCUT2D eigenvalue weighted by Crippen LogP contribution is 2.23. The molecular formula is C21H25N5O2. The number of hydrogen-bond donors (Lipinski definition) is 1. The zero-order chi connectivity index (χ0) is 19.5. The third kappa shape index (κ3) is 3.84. The Morgan fingerprint density at radius 3 is 2.86 bits per heavy atom. The van der Waals surface area contributed by atoms with Gasteiger partial charge in [-0.05, 0) is 43.2 Å². The molecule has 1 aromatic carbocycles. The minimum Gasteiger partial charge on any atom is -0.378 e. The van der Waals surface area contributed by atoms with Crippen LogP contribution < -0.4 is 10.2 Å². The van der Waals surface area contributed by atoms with Gasteiger partial charge in [0.1, 0.15) is 0 Å². The van der Waals surface area contributed by atoms with Crippen molar-refractivity contribution in [3.8, 4) is 0 Å². The number of aryl methyl sites for hydroxylation is 1. The lowest BCUT2D eigenvalue weighted by Gasteiger charge is -2.27. The molecule has 1 amide bonds. The van der Waals surface area contributed by atoms with Crippen molar-refractivity contribution in [3.05, 3.63) is 53.9 Å². The van der Waals surface area contributed by atoms with E-state index < -0.39 is 0 Å². The molecule has 0 spiro atoms. The summed E-state index contributed by atoms with van der Waals surface area (Å²) in [6.07, 6.45) is 4.32. The molecule has 0 unspecified atom stereocenters. The van der Waals surface area contributed by atoms with E-state index in [9.17, 15) is 4.79 Å². The zero-order valence-electron chi connectivity index (χ0n) is 16.3. The number of carbonyl (C=O) groups is 1. The second kappa shape index (κ2) is 7.98. The lowest BCUT2D eigenvalue weighted by molar-refractivity contribution is 0.0940. The van der Waals surface area contributed by atoms with Crippen LogP contribution in [0.4, 0.5) is 5.95 Å². The van der Waals surface area contributed by atoms with E-state index in [1.807, 2.05) is 50.5 Å². The smallest absolute Gasteiger partial charge is 0.251 e. The highest BCUT2D eigenvalue weighted by molar-refractivity contribution is 5.97. The second-order valence-electron chi connectivity index (χ2n) is 7.21. The number of morpholine rings is 1. The Hall–Kier alpha value is -2.93. The van der Waals surface area contributed by atoms with Gasteiger partial charge in [0.05, 0.1) is 24.2 Å². The van der Waals surface area contributed by atoms with Crippen molar-refractivity contribution in [2.24, 2.45) is 7.05 Å². The highest BCUT2D eigenvalue weighted by Gasteiger charge is 2.19. The van der Waals surface area contributed by atoms with Crippen LogP contribution in [0.5, 0.6) is 0 Å². The van der Waals surface area contributed by atoms with Crippen molar-refractivity contribution in [1.29, 1.82) is 0 Å². The van der Waals surface area contributed by atoms with E-state index >= 15 is 0 Å². The SMILES string of the molecule is C[C@@H](Cc1cccnc1)NC(=O)c1ccc2c(c1)nc(N1CCOCC1)n2C. The number of hydrogen-bond acceptors (Lipinski definition) is 5. The average molecular weight is 379 g/mol. The number of rotatable bonds is 5. The van der Waals surface area contributed by atoms with Gasteiger partial charge in [-0.2, -0.15) is 0 Å². The summed E-state index contributed by atoms with van der Waals surface area (Å²) < 4.78 is 7.51. The number of aromatic nitrogens is 3. The van der Waals surface area contributed by atoms with Gasteiger partial charge in [0.15, 0.2) is 0 Å². The Morgan fingerprint density at radius 1 is 1.29 bits per heavy atom. The summed E-state index contributed by atoms with van der Waals surface area (Å²) in [7, 11) is 2.01. The van der Waals surface area contributed by atoms with Crippen molar-refractivity contribution in [2.45, 2.75) is 19.4 Å². The fraction of sp³-hybridized carbons (Fsp3) is 0.381. The van der Waals surface area contributed by atoms with Gasteiger partial charge in [-0.15, -0.1) is 0 Å². The van der Waals surface area contributed by atoms with Gasteiger partial charge >= 0.3 is 0 Å². The summed E-state index contributed by atoms with van der Waals surface area (Å²) in [5, 5.41) is 3.07. The molecule has 0 radical (unpaired) electrons. The predicted molar refractivity (Wildman–Crippen MR) is 109 cm³/mol. The number of benzene rings is 1. The first-order valence-corrected chi connectivity index (χ1v) is 9.61. The van der Waals surface area contributed by atoms with Gasteiger partial charge in [0.25, 0.3) is 5.91 Å². The number of imidazole rings is 1. The summed E-state index contributed by atoms with van der Waals surface area (Å²) in [4.78, 5) is 23.8. The van der Waals surface area contributed by atoms with Crippen molar-refractivity contribution >= 4 is 22.9 Å². The largest absolute Gasteiger partial charge is 0.378 e. The van der Waals surface area contributed by atoms with Gasteiger partial charge in [0, 0.05) is 44.1 Å². The number of pyridine rings is 1. The van der Waals surface area contributed by atoms with E-state index in [0.29, 0.717) is 18.8 Å². The number of anilines is 1. The van der Waals surface area contributed by atoms with E-state index in [0.717, 1.165) is 42.1 Å². The average Bonchev–Trinajstić information content (AvgIpc) is 3.05. The maximum atomic E-state index is 12.7. The number of nitrogens with zero attached hydrogens (tertiary/aromatic N) is 4. The molecule has 28 heavy (non-hydrogen) atoms. The third-order valence-corrected chi connectivity index (χ3v) is 5.06. The summed E-state index contributed by atoms with van der Waals surface area (Å²) in [5.41, 5.74) is 3.57. The van der Waals surface area contributed by atoms with Crippen LogP contribution >= 0.6 is 0 Å². The number of ether oxygens (including phenoxy) is 1. The lowest BCUT2D eigenvalue weighted by Crippen LogP contribution is -2.37. The van der Waals surface area contributed by atoms with E-state index in [-0.39, 0.29) is 11.9 Å². The van der Waals surface area contributed by atoms with Crippen LogP contribution in [0.25, 0.3) is 11.0 Å². The molecule has 1 aliphatic rings. The standard InChI is InChI=1S/C21H25N5O2/c1-15(12-16-4-3-7-22-14-16)23-20(27)17-5-6-19-18(13-17)24-21(25(19)2)26-8-10-28-11-9-26/h3-7,13-15H,8-12H2,1-2H3,(H,23,27)/t15-/m0/s1. The molecule has 1 saturated heterocycles. The summed E-state index contributed by atoms with van der Waals surface area (Å²) in [6, 6.07) is 9.63. The Morgan fingerprint density at radius 2 is 2.11 bits per heavy atom. The molecule has 1 aliphatic heterocycles. The number of carbonyl (C=O) groups excluding carboxylic acids is 1. The second-order valence-corrected chi connectivity index (χ2v) is 7.21. The van der Waals surface area contributed by atoms with Gasteiger partial charge < -0.3 is 19.5 Å². The number of fused-ring (bicyclic) bond motifs is 1. The molecule has 2 aromatic heterocycles. The maximum Gasteiger partial charge on any atom is 0.251 e. The van der Waals surface area contributed by atoms with Crippen molar-refractivity contribution < 1.29 is 9.53 Å². The van der Waals surface area contributed by atoms with E-state index in [1.165, 1.54) is 0 Å². The zero-order valence-corrected chi connectivity index (χ0v) is 16.3. The van der Waals surface area contributed by atoms with Crippen LogP contribution in [0, 0.1) is 0 Å². The highest BCUT2D eigenvalue weighted by atomic mass is 16.5. The minimum absolute atomic E-state index is 0.0139. The van der Waals surface area contributed by atoms with Crippen molar-refractivity contribution in [3.63, 3.8) is 0 Å². The fourth-order valence-corrected chi connectivity index (χ4v) is 3.61. The molecule has 7 heteroatoms. The van der Waals surface area contributed by atoms with Gasteiger partial charge in [-0.1, -0.05) is 6.07 Å². The summed E-state index contributed by atoms with van der Waals surface area (Å²) in [6.45, 7) is 5.09. The van der Waals surface area contributed by atoms with Crippen LogP contribution in [0.15, 0.2) is 42.7 Å². The Bertz CT molecular complexity index is 964. The Kier molecular flexibility index (Phi) is 5.25. The predicted octanol–water partition coefficient (Wildman–Crippen LogP) is 2.17. The summed E-state index contributed by atoms with van der Waals surface area (Å²) >= 11 is 0. The molecule has 1 atom stereocenters. The third-order valence-electron chi connectivity index (χ3n) is 5.06. The quantitative estimate of drug-likeness (QED) is 0.736. The van der Waals surface area contributed by atoms with Crippen LogP contribution in [0.3, 0.4) is 0 Å². The Balaban J connectivity index is 1.49. The van der Waals surface area contributed by atoms with Gasteiger partial charge in [0.2, 0.25) is 5.95 Å². The normalized spacial score (nSPS) is 15.6. The maximum absolute atomic E-state index is 12.7. The first kappa shape index (κ1) is 18.4. The molecule has 3 heterocycles. The molecule has 1 N–H and O–H groups in total. The molecule has 1 fully saturated rings. The fourth-order valence-electron chi connectivity index (χ4n) is 3.61. The molecule has 0 bridgehead atoms. The lowest BCUT2D eigenvalue weighted by atomic mass is 10.1. The van der Waals surface area contributed by atoms with Crippen LogP contribution in [-0.4, -0.2) is 52.8 Å². The molecule has 0 aliphatic carbocycles. The van der Waals surface area contributed by atoms with E-state index in [1.54, 1.807) is 6.20 Å². The van der Waals surface area contributed by atoms with Crippen molar-refractivity contribution in [1.82, 2.24) is 19.9 Å². The number of nitrogens with one attached hydrogen (secondary N) is 1. The van der Waals surface area contributed by atoms with Crippen LogP contribution in [0.1, 0.15) is 22.8 Å². The van der Waals surface area contributed by atoms with E-state index in [2.05, 4.69) is 19.8 Å². The van der Waals surface area contributed by atoms with Crippen molar-refractivity contribution in [2.75, 3.05) is 31.2 Å². The van der Waals surface area contributed by atoms with Gasteiger partial charge in [-0.3, -0.25) is 9.78 Å². The van der Waals surface area contributed by atoms with Gasteiger partial charge in [-0.25, -0.2) is 4.98 Å². The monoisotopic (exact) mass is 379 g/mol. The molecule has 146 valence electrons. The molecule has 3 aromatic rings. The molecular weight excluding hydrogens is 354 g/mol. The first-order chi connectivity index (χ1) is 13.6. The van der Waals surface area contributed by atoms with E-state index in [4.69, 9.17) is 9.72 Å².